The standard InChI is InChI=1S/C11H12FNO3S/c12-9-4-1-5-10(11(9)13(14)15)17-7-8-3-2-6-16-8/h1,4-5,8H,2-3,6-7H2. The van der Waals surface area contributed by atoms with Gasteiger partial charge in [0.05, 0.1) is 15.9 Å². The van der Waals surface area contributed by atoms with Crippen LogP contribution in [0.5, 0.6) is 0 Å². The minimum absolute atomic E-state index is 0.128. The van der Waals surface area contributed by atoms with Gasteiger partial charge in [0.15, 0.2) is 0 Å². The average Bonchev–Trinajstić information content (AvgIpc) is 2.78. The number of nitro benzene ring substituents is 1. The third-order valence-corrected chi connectivity index (χ3v) is 3.76. The summed E-state index contributed by atoms with van der Waals surface area (Å²) in [7, 11) is 0. The number of ether oxygens (including phenoxy) is 1. The number of hydrogen-bond donors (Lipinski definition) is 0. The molecule has 0 spiro atoms. The van der Waals surface area contributed by atoms with E-state index in [0.717, 1.165) is 25.5 Å². The Morgan fingerprint density at radius 1 is 1.59 bits per heavy atom. The first-order chi connectivity index (χ1) is 8.18. The zero-order valence-corrected chi connectivity index (χ0v) is 9.91. The Hall–Kier alpha value is -1.14. The third-order valence-electron chi connectivity index (χ3n) is 2.58. The van der Waals surface area contributed by atoms with Gasteiger partial charge in [-0.1, -0.05) is 6.07 Å². The quantitative estimate of drug-likeness (QED) is 0.472. The van der Waals surface area contributed by atoms with Crippen LogP contribution in [0.15, 0.2) is 23.1 Å². The molecule has 0 aliphatic carbocycles. The summed E-state index contributed by atoms with van der Waals surface area (Å²) in [5, 5.41) is 10.8. The lowest BCUT2D eigenvalue weighted by Crippen LogP contribution is -2.08. The van der Waals surface area contributed by atoms with E-state index < -0.39 is 16.4 Å². The molecule has 1 aliphatic heterocycles. The van der Waals surface area contributed by atoms with Crippen molar-refractivity contribution in [3.8, 4) is 0 Å². The van der Waals surface area contributed by atoms with Gasteiger partial charge in [0.1, 0.15) is 0 Å². The summed E-state index contributed by atoms with van der Waals surface area (Å²) in [4.78, 5) is 10.5. The molecule has 92 valence electrons. The van der Waals surface area contributed by atoms with Crippen LogP contribution in [0.4, 0.5) is 10.1 Å². The molecule has 17 heavy (non-hydrogen) atoms. The number of nitro groups is 1. The first-order valence-electron chi connectivity index (χ1n) is 5.36. The van der Waals surface area contributed by atoms with Gasteiger partial charge in [-0.2, -0.15) is 4.39 Å². The highest BCUT2D eigenvalue weighted by Crippen LogP contribution is 2.33. The molecule has 1 atom stereocenters. The third kappa shape index (κ3) is 2.95. The van der Waals surface area contributed by atoms with Crippen LogP contribution in [0, 0.1) is 15.9 Å². The molecule has 1 unspecified atom stereocenters. The van der Waals surface area contributed by atoms with Crippen LogP contribution >= 0.6 is 11.8 Å². The van der Waals surface area contributed by atoms with Crippen LogP contribution in [-0.4, -0.2) is 23.4 Å². The molecule has 0 bridgehead atoms. The monoisotopic (exact) mass is 257 g/mol. The van der Waals surface area contributed by atoms with E-state index in [2.05, 4.69) is 0 Å². The maximum Gasteiger partial charge on any atom is 0.318 e. The van der Waals surface area contributed by atoms with Crippen molar-refractivity contribution in [3.05, 3.63) is 34.1 Å². The molecule has 0 radical (unpaired) electrons. The van der Waals surface area contributed by atoms with Gasteiger partial charge in [0, 0.05) is 12.4 Å². The number of benzene rings is 1. The predicted octanol–water partition coefficient (Wildman–Crippen LogP) is 3.01. The molecule has 1 aromatic rings. The van der Waals surface area contributed by atoms with Gasteiger partial charge in [-0.25, -0.2) is 0 Å². The van der Waals surface area contributed by atoms with E-state index in [0.29, 0.717) is 10.6 Å². The van der Waals surface area contributed by atoms with Crippen molar-refractivity contribution in [2.24, 2.45) is 0 Å². The topological polar surface area (TPSA) is 52.4 Å². The summed E-state index contributed by atoms with van der Waals surface area (Å²) in [6.45, 7) is 0.746. The molecule has 1 saturated heterocycles. The van der Waals surface area contributed by atoms with Crippen molar-refractivity contribution in [2.45, 2.75) is 23.8 Å². The fourth-order valence-corrected chi connectivity index (χ4v) is 2.86. The molecule has 1 aromatic carbocycles. The highest BCUT2D eigenvalue weighted by molar-refractivity contribution is 7.99. The summed E-state index contributed by atoms with van der Waals surface area (Å²) in [6, 6.07) is 4.16. The Labute approximate surface area is 102 Å². The minimum Gasteiger partial charge on any atom is -0.377 e. The van der Waals surface area contributed by atoms with Crippen molar-refractivity contribution < 1.29 is 14.1 Å². The molecule has 4 nitrogen and oxygen atoms in total. The second-order valence-electron chi connectivity index (χ2n) is 3.79. The zero-order valence-electron chi connectivity index (χ0n) is 9.10. The van der Waals surface area contributed by atoms with Gasteiger partial charge in [0.2, 0.25) is 5.82 Å². The van der Waals surface area contributed by atoms with Crippen molar-refractivity contribution in [1.82, 2.24) is 0 Å². The second-order valence-corrected chi connectivity index (χ2v) is 4.85. The van der Waals surface area contributed by atoms with Gasteiger partial charge >= 0.3 is 5.69 Å². The lowest BCUT2D eigenvalue weighted by atomic mass is 10.3. The van der Waals surface area contributed by atoms with Crippen LogP contribution in [0.2, 0.25) is 0 Å². The molecule has 0 amide bonds. The summed E-state index contributed by atoms with van der Waals surface area (Å²) in [5.41, 5.74) is -0.435. The van der Waals surface area contributed by atoms with Crippen LogP contribution in [0.3, 0.4) is 0 Å². The Kier molecular flexibility index (Phi) is 3.96. The first kappa shape index (κ1) is 12.3. The van der Waals surface area contributed by atoms with Crippen molar-refractivity contribution in [2.75, 3.05) is 12.4 Å². The fraction of sp³-hybridized carbons (Fsp3) is 0.455. The van der Waals surface area contributed by atoms with E-state index in [4.69, 9.17) is 4.74 Å². The van der Waals surface area contributed by atoms with E-state index in [-0.39, 0.29) is 6.10 Å². The molecule has 1 heterocycles. The van der Waals surface area contributed by atoms with Crippen LogP contribution in [-0.2, 0) is 4.74 Å². The average molecular weight is 257 g/mol. The summed E-state index contributed by atoms with van der Waals surface area (Å²) >= 11 is 1.28. The van der Waals surface area contributed by atoms with E-state index in [1.54, 1.807) is 6.07 Å². The Morgan fingerprint density at radius 3 is 3.06 bits per heavy atom. The molecule has 1 fully saturated rings. The Balaban J connectivity index is 2.09. The van der Waals surface area contributed by atoms with E-state index in [9.17, 15) is 14.5 Å². The van der Waals surface area contributed by atoms with E-state index >= 15 is 0 Å². The number of nitrogens with zero attached hydrogens (tertiary/aromatic N) is 1. The molecule has 0 saturated carbocycles. The molecule has 2 rings (SSSR count). The Bertz CT molecular complexity index is 421. The number of para-hydroxylation sites is 1. The van der Waals surface area contributed by atoms with Gasteiger partial charge in [0.25, 0.3) is 0 Å². The van der Waals surface area contributed by atoms with Gasteiger partial charge in [-0.15, -0.1) is 11.8 Å². The largest absolute Gasteiger partial charge is 0.377 e. The highest BCUT2D eigenvalue weighted by Gasteiger charge is 2.22. The van der Waals surface area contributed by atoms with Crippen molar-refractivity contribution in [3.63, 3.8) is 0 Å². The maximum atomic E-state index is 13.3. The molecule has 0 N–H and O–H groups in total. The molecule has 1 aliphatic rings. The van der Waals surface area contributed by atoms with Crippen LogP contribution in [0.25, 0.3) is 0 Å². The fourth-order valence-electron chi connectivity index (χ4n) is 1.75. The normalized spacial score (nSPS) is 19.5. The SMILES string of the molecule is O=[N+]([O-])c1c(F)cccc1SCC1CCCO1. The smallest absolute Gasteiger partial charge is 0.318 e. The zero-order chi connectivity index (χ0) is 12.3. The highest BCUT2D eigenvalue weighted by atomic mass is 32.2. The molecular weight excluding hydrogens is 245 g/mol. The van der Waals surface area contributed by atoms with Crippen molar-refractivity contribution >= 4 is 17.4 Å². The summed E-state index contributed by atoms with van der Waals surface area (Å²) < 4.78 is 18.7. The number of hydrogen-bond acceptors (Lipinski definition) is 4. The number of rotatable bonds is 4. The number of thioether (sulfide) groups is 1. The number of halogens is 1. The maximum absolute atomic E-state index is 13.3. The predicted molar refractivity (Wildman–Crippen MR) is 62.8 cm³/mol. The van der Waals surface area contributed by atoms with Gasteiger partial charge in [-0.05, 0) is 25.0 Å². The van der Waals surface area contributed by atoms with Gasteiger partial charge in [-0.3, -0.25) is 10.1 Å². The lowest BCUT2D eigenvalue weighted by molar-refractivity contribution is -0.390. The second kappa shape index (κ2) is 5.46. The summed E-state index contributed by atoms with van der Waals surface area (Å²) in [6.07, 6.45) is 2.12. The lowest BCUT2D eigenvalue weighted by Gasteiger charge is -2.08. The van der Waals surface area contributed by atoms with E-state index in [1.807, 2.05) is 0 Å². The van der Waals surface area contributed by atoms with Crippen molar-refractivity contribution in [1.29, 1.82) is 0 Å². The minimum atomic E-state index is -0.785. The van der Waals surface area contributed by atoms with Gasteiger partial charge < -0.3 is 4.74 Å². The molecule has 0 aromatic heterocycles. The van der Waals surface area contributed by atoms with Crippen LogP contribution in [0.1, 0.15) is 12.8 Å². The molecule has 6 heteroatoms. The molecular formula is C11H12FNO3S. The van der Waals surface area contributed by atoms with E-state index in [1.165, 1.54) is 17.8 Å². The first-order valence-corrected chi connectivity index (χ1v) is 6.34. The van der Waals surface area contributed by atoms with Crippen LogP contribution < -0.4 is 0 Å². The summed E-state index contributed by atoms with van der Waals surface area (Å²) in [5.74, 6) is -0.156. The Morgan fingerprint density at radius 2 is 2.41 bits per heavy atom.